The molecule has 1 amide bonds. The quantitative estimate of drug-likeness (QED) is 0.781. The molecule has 0 heterocycles. The minimum atomic E-state index is -0.975. The molecule has 2 aromatic carbocycles. The molecule has 0 unspecified atom stereocenters. The number of amides is 1. The highest BCUT2D eigenvalue weighted by Gasteiger charge is 2.15. The average molecular weight is 398 g/mol. The Morgan fingerprint density at radius 2 is 1.79 bits per heavy atom. The van der Waals surface area contributed by atoms with Gasteiger partial charge in [0.1, 0.15) is 11.6 Å². The molecule has 0 aliphatic heterocycles. The van der Waals surface area contributed by atoms with Gasteiger partial charge in [0.2, 0.25) is 0 Å². The first-order valence-corrected chi connectivity index (χ1v) is 7.83. The fourth-order valence-electron chi connectivity index (χ4n) is 2.07. The standard InChI is InChI=1S/C17H14BrF2NO3/c1-10(14-4-2-3-5-15(14)18)21-16(22)9-24-17(23)11-6-12(19)8-13(20)7-11/h2-8,10H,9H2,1H3,(H,21,22)/t10-/m0/s1. The lowest BCUT2D eigenvalue weighted by molar-refractivity contribution is -0.124. The number of hydrogen-bond donors (Lipinski definition) is 1. The molecule has 0 radical (unpaired) electrons. The Kier molecular flexibility index (Phi) is 6.03. The zero-order valence-corrected chi connectivity index (χ0v) is 14.3. The number of rotatable bonds is 5. The minimum Gasteiger partial charge on any atom is -0.452 e. The van der Waals surface area contributed by atoms with E-state index in [1.807, 2.05) is 24.3 Å². The highest BCUT2D eigenvalue weighted by Crippen LogP contribution is 2.22. The van der Waals surface area contributed by atoms with Crippen LogP contribution < -0.4 is 5.32 Å². The molecular formula is C17H14BrF2NO3. The van der Waals surface area contributed by atoms with Gasteiger partial charge in [-0.1, -0.05) is 34.1 Å². The lowest BCUT2D eigenvalue weighted by Gasteiger charge is -2.15. The van der Waals surface area contributed by atoms with E-state index in [9.17, 15) is 18.4 Å². The highest BCUT2D eigenvalue weighted by atomic mass is 79.9. The third-order valence-electron chi connectivity index (χ3n) is 3.18. The Morgan fingerprint density at radius 3 is 2.42 bits per heavy atom. The van der Waals surface area contributed by atoms with Crippen LogP contribution in [0.3, 0.4) is 0 Å². The van der Waals surface area contributed by atoms with Gasteiger partial charge in [-0.3, -0.25) is 4.79 Å². The van der Waals surface area contributed by atoms with Gasteiger partial charge in [0, 0.05) is 10.5 Å². The Bertz CT molecular complexity index is 747. The fraction of sp³-hybridized carbons (Fsp3) is 0.176. The smallest absolute Gasteiger partial charge is 0.338 e. The van der Waals surface area contributed by atoms with Gasteiger partial charge in [0.15, 0.2) is 6.61 Å². The van der Waals surface area contributed by atoms with Crippen molar-refractivity contribution in [2.24, 2.45) is 0 Å². The summed E-state index contributed by atoms with van der Waals surface area (Å²) in [7, 11) is 0. The van der Waals surface area contributed by atoms with Crippen molar-refractivity contribution in [2.45, 2.75) is 13.0 Å². The van der Waals surface area contributed by atoms with Crippen LogP contribution in [0.2, 0.25) is 0 Å². The van der Waals surface area contributed by atoms with Gasteiger partial charge < -0.3 is 10.1 Å². The van der Waals surface area contributed by atoms with E-state index in [1.165, 1.54) is 0 Å². The van der Waals surface area contributed by atoms with Gasteiger partial charge in [-0.25, -0.2) is 13.6 Å². The van der Waals surface area contributed by atoms with Crippen LogP contribution in [0.15, 0.2) is 46.9 Å². The maximum Gasteiger partial charge on any atom is 0.338 e. The van der Waals surface area contributed by atoms with E-state index in [2.05, 4.69) is 21.2 Å². The van der Waals surface area contributed by atoms with Crippen molar-refractivity contribution in [2.75, 3.05) is 6.61 Å². The average Bonchev–Trinajstić information content (AvgIpc) is 2.52. The van der Waals surface area contributed by atoms with Crippen molar-refractivity contribution in [1.82, 2.24) is 5.32 Å². The molecule has 0 fully saturated rings. The molecule has 0 bridgehead atoms. The van der Waals surface area contributed by atoms with Gasteiger partial charge in [-0.2, -0.15) is 0 Å². The predicted molar refractivity (Wildman–Crippen MR) is 87.3 cm³/mol. The molecule has 1 atom stereocenters. The molecule has 0 aliphatic carbocycles. The molecule has 7 heteroatoms. The second-order valence-electron chi connectivity index (χ2n) is 5.04. The van der Waals surface area contributed by atoms with Crippen molar-refractivity contribution in [1.29, 1.82) is 0 Å². The largest absolute Gasteiger partial charge is 0.452 e. The normalized spacial score (nSPS) is 11.7. The molecule has 0 saturated heterocycles. The number of ether oxygens (including phenoxy) is 1. The summed E-state index contributed by atoms with van der Waals surface area (Å²) in [6.07, 6.45) is 0. The minimum absolute atomic E-state index is 0.292. The van der Waals surface area contributed by atoms with Crippen LogP contribution in [0.25, 0.3) is 0 Å². The van der Waals surface area contributed by atoms with Crippen LogP contribution in [-0.4, -0.2) is 18.5 Å². The molecule has 126 valence electrons. The first-order valence-electron chi connectivity index (χ1n) is 7.04. The maximum atomic E-state index is 13.1. The molecule has 2 aromatic rings. The van der Waals surface area contributed by atoms with Gasteiger partial charge in [0.05, 0.1) is 11.6 Å². The number of nitrogens with one attached hydrogen (secondary N) is 1. The van der Waals surface area contributed by atoms with Crippen LogP contribution >= 0.6 is 15.9 Å². The van der Waals surface area contributed by atoms with Crippen LogP contribution in [0.4, 0.5) is 8.78 Å². The molecule has 1 N–H and O–H groups in total. The SMILES string of the molecule is C[C@H](NC(=O)COC(=O)c1cc(F)cc(F)c1)c1ccccc1Br. The lowest BCUT2D eigenvalue weighted by atomic mass is 10.1. The van der Waals surface area contributed by atoms with Crippen LogP contribution in [0, 0.1) is 11.6 Å². The van der Waals surface area contributed by atoms with Gasteiger partial charge in [-0.15, -0.1) is 0 Å². The van der Waals surface area contributed by atoms with Gasteiger partial charge >= 0.3 is 5.97 Å². The number of halogens is 3. The Hall–Kier alpha value is -2.28. The lowest BCUT2D eigenvalue weighted by Crippen LogP contribution is -2.31. The first-order chi connectivity index (χ1) is 11.4. The summed E-state index contributed by atoms with van der Waals surface area (Å²) in [6.45, 7) is 1.23. The summed E-state index contributed by atoms with van der Waals surface area (Å²) < 4.78 is 31.7. The summed E-state index contributed by atoms with van der Waals surface area (Å²) in [5.74, 6) is -3.29. The van der Waals surface area contributed by atoms with E-state index in [0.29, 0.717) is 6.07 Å². The third kappa shape index (κ3) is 4.86. The number of esters is 1. The number of carbonyl (C=O) groups excluding carboxylic acids is 2. The maximum absolute atomic E-state index is 13.1. The second kappa shape index (κ2) is 8.01. The molecule has 0 saturated carbocycles. The van der Waals surface area contributed by atoms with E-state index >= 15 is 0 Å². The zero-order chi connectivity index (χ0) is 17.7. The van der Waals surface area contributed by atoms with E-state index in [-0.39, 0.29) is 11.6 Å². The molecule has 24 heavy (non-hydrogen) atoms. The van der Waals surface area contributed by atoms with Crippen LogP contribution in [0.1, 0.15) is 28.9 Å². The Morgan fingerprint density at radius 1 is 1.17 bits per heavy atom. The van der Waals surface area contributed by atoms with Crippen molar-refractivity contribution < 1.29 is 23.1 Å². The number of hydrogen-bond acceptors (Lipinski definition) is 3. The molecule has 2 rings (SSSR count). The van der Waals surface area contributed by atoms with Gasteiger partial charge in [0.25, 0.3) is 5.91 Å². The predicted octanol–water partition coefficient (Wildman–Crippen LogP) is 3.76. The van der Waals surface area contributed by atoms with E-state index in [1.54, 1.807) is 6.92 Å². The van der Waals surface area contributed by atoms with Crippen molar-refractivity contribution in [3.63, 3.8) is 0 Å². The number of carbonyl (C=O) groups is 2. The van der Waals surface area contributed by atoms with E-state index in [0.717, 1.165) is 22.2 Å². The summed E-state index contributed by atoms with van der Waals surface area (Å²) in [4.78, 5) is 23.6. The molecule has 0 aliphatic rings. The molecular weight excluding hydrogens is 384 g/mol. The topological polar surface area (TPSA) is 55.4 Å². The van der Waals surface area contributed by atoms with Gasteiger partial charge in [-0.05, 0) is 30.7 Å². The van der Waals surface area contributed by atoms with Crippen LogP contribution in [0.5, 0.6) is 0 Å². The summed E-state index contributed by atoms with van der Waals surface area (Å²) >= 11 is 3.39. The third-order valence-corrected chi connectivity index (χ3v) is 3.90. The summed E-state index contributed by atoms with van der Waals surface area (Å²) in [6, 6.07) is 9.39. The zero-order valence-electron chi connectivity index (χ0n) is 12.7. The monoisotopic (exact) mass is 397 g/mol. The Labute approximate surface area is 145 Å². The van der Waals surface area contributed by atoms with E-state index in [4.69, 9.17) is 4.74 Å². The summed E-state index contributed by atoms with van der Waals surface area (Å²) in [5, 5.41) is 2.67. The summed E-state index contributed by atoms with van der Waals surface area (Å²) in [5.41, 5.74) is 0.573. The number of benzene rings is 2. The fourth-order valence-corrected chi connectivity index (χ4v) is 2.70. The van der Waals surface area contributed by atoms with Crippen molar-refractivity contribution in [3.8, 4) is 0 Å². The molecule has 4 nitrogen and oxygen atoms in total. The van der Waals surface area contributed by atoms with E-state index < -0.39 is 30.1 Å². The van der Waals surface area contributed by atoms with Crippen molar-refractivity contribution >= 4 is 27.8 Å². The van der Waals surface area contributed by atoms with Crippen molar-refractivity contribution in [3.05, 3.63) is 69.7 Å². The van der Waals surface area contributed by atoms with Crippen LogP contribution in [-0.2, 0) is 9.53 Å². The molecule has 0 aromatic heterocycles. The first kappa shape index (κ1) is 18.1. The highest BCUT2D eigenvalue weighted by molar-refractivity contribution is 9.10. The second-order valence-corrected chi connectivity index (χ2v) is 5.90. The molecule has 0 spiro atoms. The Balaban J connectivity index is 1.91.